The van der Waals surface area contributed by atoms with Crippen LogP contribution in [-0.4, -0.2) is 61.9 Å². The van der Waals surface area contributed by atoms with Gasteiger partial charge in [0, 0.05) is 19.2 Å². The maximum absolute atomic E-state index is 14.6. The number of methoxy groups -OCH3 is 1. The van der Waals surface area contributed by atoms with Crippen LogP contribution in [0.15, 0.2) is 107 Å². The molecule has 0 saturated heterocycles. The molecular formula is C32H29N3O9S2. The molecule has 0 saturated carbocycles. The minimum Gasteiger partial charge on any atom is -0.382 e. The third-order valence-electron chi connectivity index (χ3n) is 7.64. The first-order valence-electron chi connectivity index (χ1n) is 13.9. The zero-order valence-electron chi connectivity index (χ0n) is 24.9. The van der Waals surface area contributed by atoms with Crippen molar-refractivity contribution in [1.82, 2.24) is 8.61 Å². The predicted octanol–water partition coefficient (Wildman–Crippen LogP) is 4.64. The highest BCUT2D eigenvalue weighted by molar-refractivity contribution is 8.04. The minimum absolute atomic E-state index is 0.0458. The molecular weight excluding hydrogens is 634 g/mol. The van der Waals surface area contributed by atoms with E-state index in [0.717, 1.165) is 17.0 Å². The molecule has 2 amide bonds. The van der Waals surface area contributed by atoms with Crippen LogP contribution in [0.2, 0.25) is 0 Å². The molecule has 12 nitrogen and oxygen atoms in total. The van der Waals surface area contributed by atoms with E-state index in [1.165, 1.54) is 79.9 Å². The Labute approximate surface area is 266 Å². The quantitative estimate of drug-likeness (QED) is 0.126. The number of sulfonamides is 2. The van der Waals surface area contributed by atoms with Crippen LogP contribution in [-0.2, 0) is 24.8 Å². The first-order chi connectivity index (χ1) is 21.8. The summed E-state index contributed by atoms with van der Waals surface area (Å²) in [4.78, 5) is 38.4. The van der Waals surface area contributed by atoms with E-state index in [1.54, 1.807) is 26.0 Å². The Morgan fingerprint density at radius 3 is 1.57 bits per heavy atom. The van der Waals surface area contributed by atoms with E-state index in [2.05, 4.69) is 0 Å². The second kappa shape index (κ2) is 12.6. The number of nitrogens with zero attached hydrogens (tertiary/aromatic N) is 3. The van der Waals surface area contributed by atoms with Crippen LogP contribution in [0.3, 0.4) is 0 Å². The average molecular weight is 664 g/mol. The molecule has 5 rings (SSSR count). The number of carbonyl (C=O) groups excluding carboxylic acids is 2. The Morgan fingerprint density at radius 1 is 0.739 bits per heavy atom. The van der Waals surface area contributed by atoms with Crippen molar-refractivity contribution in [2.45, 2.75) is 35.7 Å². The summed E-state index contributed by atoms with van der Waals surface area (Å²) in [6.45, 7) is 2.97. The Kier molecular flexibility index (Phi) is 8.91. The molecule has 1 heterocycles. The van der Waals surface area contributed by atoms with Gasteiger partial charge in [0.05, 0.1) is 44.5 Å². The maximum Gasteiger partial charge on any atom is 0.269 e. The fourth-order valence-corrected chi connectivity index (χ4v) is 9.37. The molecule has 0 unspecified atom stereocenters. The van der Waals surface area contributed by atoms with Crippen molar-refractivity contribution in [3.05, 3.63) is 135 Å². The summed E-state index contributed by atoms with van der Waals surface area (Å²) in [5.41, 5.74) is 1.12. The number of hydrogen-bond acceptors (Lipinski definition) is 9. The van der Waals surface area contributed by atoms with Gasteiger partial charge in [-0.25, -0.2) is 16.8 Å². The molecule has 14 heteroatoms. The number of non-ortho nitro benzene ring substituents is 1. The van der Waals surface area contributed by atoms with Crippen molar-refractivity contribution in [2.24, 2.45) is 0 Å². The molecule has 0 N–H and O–H groups in total. The van der Waals surface area contributed by atoms with Gasteiger partial charge in [-0.3, -0.25) is 24.6 Å². The summed E-state index contributed by atoms with van der Waals surface area (Å²) < 4.78 is 64.2. The molecule has 46 heavy (non-hydrogen) atoms. The molecule has 4 aromatic carbocycles. The van der Waals surface area contributed by atoms with Gasteiger partial charge in [-0.2, -0.15) is 0 Å². The van der Waals surface area contributed by atoms with E-state index in [-0.39, 0.29) is 35.9 Å². The number of carbonyl (C=O) groups is 2. The summed E-state index contributed by atoms with van der Waals surface area (Å²) in [6, 6.07) is 18.2. The number of nitro groups is 1. The summed E-state index contributed by atoms with van der Waals surface area (Å²) in [7, 11) is -8.74. The number of rotatable bonds is 11. The van der Waals surface area contributed by atoms with Crippen molar-refractivity contribution in [2.75, 3.05) is 13.7 Å². The normalized spacial score (nSPS) is 14.7. The molecule has 0 bridgehead atoms. The second-order valence-corrected chi connectivity index (χ2v) is 14.6. The standard InChI is InChI=1S/C32H29N3O9S2/c1-21-8-16-25(17-9-21)45(40,41)35(46(42,43)26-18-10-22(2)11-19-26)30(23-12-14-24(15-13-23)34(38)39)29(20-44-3)33-31(36)27-6-4-5-7-28(27)32(33)37/h4-19,29-30H,20H2,1-3H3/t29-,30+/m1/s1. The van der Waals surface area contributed by atoms with E-state index in [0.29, 0.717) is 11.1 Å². The van der Waals surface area contributed by atoms with Crippen molar-refractivity contribution in [3.63, 3.8) is 0 Å². The number of hydrogen-bond donors (Lipinski definition) is 0. The van der Waals surface area contributed by atoms with E-state index in [1.807, 2.05) is 0 Å². The third-order valence-corrected chi connectivity index (χ3v) is 12.0. The van der Waals surface area contributed by atoms with Crippen LogP contribution >= 0.6 is 0 Å². The molecule has 1 aliphatic heterocycles. The van der Waals surface area contributed by atoms with Crippen LogP contribution in [0, 0.1) is 24.0 Å². The van der Waals surface area contributed by atoms with Crippen LogP contribution in [0.4, 0.5) is 5.69 Å². The van der Waals surface area contributed by atoms with E-state index < -0.39 is 55.5 Å². The summed E-state index contributed by atoms with van der Waals surface area (Å²) >= 11 is 0. The van der Waals surface area contributed by atoms with Gasteiger partial charge in [0.2, 0.25) is 0 Å². The Bertz CT molecular complexity index is 1920. The highest BCUT2D eigenvalue weighted by Crippen LogP contribution is 2.40. The number of imide groups is 1. The molecule has 0 fully saturated rings. The second-order valence-electron chi connectivity index (χ2n) is 10.7. The Morgan fingerprint density at radius 2 is 1.17 bits per heavy atom. The average Bonchev–Trinajstić information content (AvgIpc) is 3.28. The van der Waals surface area contributed by atoms with Crippen LogP contribution in [0.25, 0.3) is 0 Å². The topological polar surface area (TPSA) is 161 Å². The number of ether oxygens (including phenoxy) is 1. The lowest BCUT2D eigenvalue weighted by molar-refractivity contribution is -0.384. The minimum atomic E-state index is -5.00. The van der Waals surface area contributed by atoms with Gasteiger partial charge in [-0.15, -0.1) is 0 Å². The van der Waals surface area contributed by atoms with E-state index in [9.17, 15) is 36.5 Å². The molecule has 0 spiro atoms. The van der Waals surface area contributed by atoms with Crippen LogP contribution in [0.1, 0.15) is 43.4 Å². The first-order valence-corrected chi connectivity index (χ1v) is 16.8. The molecule has 2 atom stereocenters. The zero-order chi connectivity index (χ0) is 33.4. The van der Waals surface area contributed by atoms with Gasteiger partial charge in [-0.1, -0.05) is 63.4 Å². The van der Waals surface area contributed by atoms with Crippen molar-refractivity contribution in [1.29, 1.82) is 0 Å². The Balaban J connectivity index is 1.83. The van der Waals surface area contributed by atoms with Gasteiger partial charge in [0.1, 0.15) is 0 Å². The lowest BCUT2D eigenvalue weighted by Gasteiger charge is -2.38. The molecule has 0 aromatic heterocycles. The van der Waals surface area contributed by atoms with E-state index in [4.69, 9.17) is 4.74 Å². The van der Waals surface area contributed by atoms with Gasteiger partial charge in [0.15, 0.2) is 0 Å². The highest BCUT2D eigenvalue weighted by atomic mass is 32.3. The van der Waals surface area contributed by atoms with Crippen molar-refractivity contribution < 1.29 is 36.1 Å². The SMILES string of the molecule is COC[C@H]([C@H](c1ccc([N+](=O)[O-])cc1)N(S(=O)(=O)c1ccc(C)cc1)S(=O)(=O)c1ccc(C)cc1)N1C(=O)c2ccccc2C1=O. The maximum atomic E-state index is 14.6. The number of aryl methyl sites for hydroxylation is 2. The summed E-state index contributed by atoms with van der Waals surface area (Å²) in [5, 5.41) is 11.5. The van der Waals surface area contributed by atoms with Gasteiger partial charge < -0.3 is 4.74 Å². The largest absolute Gasteiger partial charge is 0.382 e. The molecule has 1 aliphatic rings. The lowest BCUT2D eigenvalue weighted by atomic mass is 9.99. The number of nitro benzene ring substituents is 1. The fourth-order valence-electron chi connectivity index (χ4n) is 5.32. The van der Waals surface area contributed by atoms with Crippen molar-refractivity contribution >= 4 is 37.5 Å². The first kappa shape index (κ1) is 32.6. The predicted molar refractivity (Wildman–Crippen MR) is 167 cm³/mol. The van der Waals surface area contributed by atoms with Crippen LogP contribution < -0.4 is 0 Å². The smallest absolute Gasteiger partial charge is 0.269 e. The van der Waals surface area contributed by atoms with Gasteiger partial charge in [0.25, 0.3) is 37.5 Å². The Hall–Kier alpha value is -4.76. The van der Waals surface area contributed by atoms with Crippen molar-refractivity contribution in [3.8, 4) is 0 Å². The number of benzene rings is 4. The summed E-state index contributed by atoms with van der Waals surface area (Å²) in [6.07, 6.45) is 0. The fraction of sp³-hybridized carbons (Fsp3) is 0.188. The van der Waals surface area contributed by atoms with Gasteiger partial charge >= 0.3 is 0 Å². The molecule has 0 radical (unpaired) electrons. The highest BCUT2D eigenvalue weighted by Gasteiger charge is 2.51. The lowest BCUT2D eigenvalue weighted by Crippen LogP contribution is -2.53. The summed E-state index contributed by atoms with van der Waals surface area (Å²) in [5.74, 6) is -1.56. The number of fused-ring (bicyclic) bond motifs is 1. The third kappa shape index (κ3) is 5.83. The molecule has 238 valence electrons. The monoisotopic (exact) mass is 663 g/mol. The molecule has 0 aliphatic carbocycles. The van der Waals surface area contributed by atoms with Gasteiger partial charge in [-0.05, 0) is 55.8 Å². The van der Waals surface area contributed by atoms with E-state index >= 15 is 0 Å². The molecule has 4 aromatic rings. The number of amides is 2. The van der Waals surface area contributed by atoms with Crippen LogP contribution in [0.5, 0.6) is 0 Å². The zero-order valence-corrected chi connectivity index (χ0v) is 26.6.